The van der Waals surface area contributed by atoms with Crippen LogP contribution in [0.3, 0.4) is 0 Å². The zero-order valence-corrected chi connectivity index (χ0v) is 9.13. The highest BCUT2D eigenvalue weighted by atomic mass is 32.2. The first kappa shape index (κ1) is 11.9. The third-order valence-corrected chi connectivity index (χ3v) is 2.73. The van der Waals surface area contributed by atoms with E-state index in [0.29, 0.717) is 12.3 Å². The fourth-order valence-electron chi connectivity index (χ4n) is 1.11. The summed E-state index contributed by atoms with van der Waals surface area (Å²) in [6.07, 6.45) is 9.03. The lowest BCUT2D eigenvalue weighted by Crippen LogP contribution is -2.04. The maximum absolute atomic E-state index is 8.42. The number of hydrogen-bond acceptors (Lipinski definition) is 3. The predicted molar refractivity (Wildman–Crippen MR) is 64.8 cm³/mol. The van der Waals surface area contributed by atoms with Gasteiger partial charge in [-0.15, -0.1) is 18.2 Å². The summed E-state index contributed by atoms with van der Waals surface area (Å²) in [6, 6.07) is 8.02. The molecule has 0 atom stereocenters. The summed E-state index contributed by atoms with van der Waals surface area (Å²) in [7, 11) is 0. The molecule has 0 amide bonds. The Balaban J connectivity index is 2.73. The molecule has 0 spiro atoms. The number of hydrogen-bond donors (Lipinski definition) is 2. The summed E-state index contributed by atoms with van der Waals surface area (Å²) in [4.78, 5) is 1.16. The van der Waals surface area contributed by atoms with Crippen molar-refractivity contribution in [3.63, 3.8) is 0 Å². The number of benzene rings is 1. The third kappa shape index (κ3) is 4.22. The van der Waals surface area contributed by atoms with Gasteiger partial charge in [-0.25, -0.2) is 5.48 Å². The van der Waals surface area contributed by atoms with E-state index in [0.717, 1.165) is 10.5 Å². The maximum Gasteiger partial charge on any atom is 0.0592 e. The molecule has 0 unspecified atom stereocenters. The molecule has 0 aliphatic rings. The standard InChI is InChI=1S/C12H13NOS/c1-2-10-15-12-8-4-3-6-11(12)7-5-9-13-14/h1,3-8,13-14H,9-10H2. The lowest BCUT2D eigenvalue weighted by Gasteiger charge is -2.02. The van der Waals surface area contributed by atoms with Crippen LogP contribution in [0.5, 0.6) is 0 Å². The molecular weight excluding hydrogens is 206 g/mol. The number of terminal acetylenes is 1. The normalized spacial score (nSPS) is 10.4. The van der Waals surface area contributed by atoms with Crippen molar-refractivity contribution in [2.24, 2.45) is 0 Å². The Morgan fingerprint density at radius 2 is 2.27 bits per heavy atom. The summed E-state index contributed by atoms with van der Waals surface area (Å²) in [5.74, 6) is 3.27. The lowest BCUT2D eigenvalue weighted by molar-refractivity contribution is 0.180. The maximum atomic E-state index is 8.42. The minimum Gasteiger partial charge on any atom is -0.317 e. The smallest absolute Gasteiger partial charge is 0.0592 e. The molecule has 0 aromatic heterocycles. The van der Waals surface area contributed by atoms with Crippen LogP contribution in [0, 0.1) is 12.3 Å². The first-order chi connectivity index (χ1) is 7.38. The third-order valence-electron chi connectivity index (χ3n) is 1.74. The molecule has 1 aromatic rings. The van der Waals surface area contributed by atoms with E-state index >= 15 is 0 Å². The summed E-state index contributed by atoms with van der Waals surface area (Å²) >= 11 is 1.63. The largest absolute Gasteiger partial charge is 0.317 e. The minimum atomic E-state index is 0.439. The topological polar surface area (TPSA) is 32.3 Å². The number of rotatable bonds is 5. The second-order valence-corrected chi connectivity index (χ2v) is 3.81. The van der Waals surface area contributed by atoms with Crippen molar-refractivity contribution in [1.82, 2.24) is 5.48 Å². The molecular formula is C12H13NOS. The van der Waals surface area contributed by atoms with E-state index in [9.17, 15) is 0 Å². The van der Waals surface area contributed by atoms with E-state index in [4.69, 9.17) is 11.6 Å². The van der Waals surface area contributed by atoms with Gasteiger partial charge in [-0.2, -0.15) is 0 Å². The molecule has 0 aliphatic heterocycles. The number of hydroxylamine groups is 1. The van der Waals surface area contributed by atoms with Gasteiger partial charge < -0.3 is 5.21 Å². The van der Waals surface area contributed by atoms with Gasteiger partial charge in [-0.05, 0) is 11.6 Å². The fourth-order valence-corrected chi connectivity index (χ4v) is 1.82. The molecule has 1 aromatic carbocycles. The Kier molecular flexibility index (Phi) is 5.64. The van der Waals surface area contributed by atoms with Gasteiger partial charge in [0.1, 0.15) is 0 Å². The van der Waals surface area contributed by atoms with Crippen LogP contribution in [0.15, 0.2) is 35.2 Å². The van der Waals surface area contributed by atoms with Crippen LogP contribution >= 0.6 is 11.8 Å². The molecule has 0 heterocycles. The van der Waals surface area contributed by atoms with Crippen molar-refractivity contribution in [3.8, 4) is 12.3 Å². The average Bonchev–Trinajstić information content (AvgIpc) is 2.28. The molecule has 0 aliphatic carbocycles. The Morgan fingerprint density at radius 1 is 1.47 bits per heavy atom. The summed E-state index contributed by atoms with van der Waals surface area (Å²) in [6.45, 7) is 0.439. The second kappa shape index (κ2) is 7.13. The van der Waals surface area contributed by atoms with Gasteiger partial charge in [-0.3, -0.25) is 0 Å². The molecule has 1 rings (SSSR count). The molecule has 0 saturated heterocycles. The zero-order chi connectivity index (χ0) is 10.9. The van der Waals surface area contributed by atoms with Crippen LogP contribution in [-0.4, -0.2) is 17.5 Å². The Hall–Kier alpha value is -1.21. The van der Waals surface area contributed by atoms with E-state index in [1.807, 2.05) is 36.4 Å². The molecule has 2 nitrogen and oxygen atoms in total. The quantitative estimate of drug-likeness (QED) is 0.453. The SMILES string of the molecule is C#CCSc1ccccc1C=CCNO. The van der Waals surface area contributed by atoms with Crippen LogP contribution < -0.4 is 5.48 Å². The Labute approximate surface area is 94.4 Å². The monoisotopic (exact) mass is 219 g/mol. The highest BCUT2D eigenvalue weighted by Gasteiger charge is 1.97. The number of nitrogens with one attached hydrogen (secondary N) is 1. The molecule has 3 heteroatoms. The van der Waals surface area contributed by atoms with Crippen LogP contribution in [-0.2, 0) is 0 Å². The van der Waals surface area contributed by atoms with Crippen LogP contribution in [0.2, 0.25) is 0 Å². The second-order valence-electron chi connectivity index (χ2n) is 2.80. The van der Waals surface area contributed by atoms with Crippen LogP contribution in [0.1, 0.15) is 5.56 Å². The van der Waals surface area contributed by atoms with Crippen molar-refractivity contribution in [3.05, 3.63) is 35.9 Å². The van der Waals surface area contributed by atoms with Gasteiger partial charge in [0.2, 0.25) is 0 Å². The van der Waals surface area contributed by atoms with E-state index in [1.165, 1.54) is 0 Å². The van der Waals surface area contributed by atoms with Crippen LogP contribution in [0.25, 0.3) is 6.08 Å². The van der Waals surface area contributed by atoms with Crippen molar-refractivity contribution in [2.45, 2.75) is 4.90 Å². The molecule has 2 N–H and O–H groups in total. The van der Waals surface area contributed by atoms with Crippen LogP contribution in [0.4, 0.5) is 0 Å². The van der Waals surface area contributed by atoms with E-state index in [2.05, 4.69) is 11.4 Å². The molecule has 0 saturated carbocycles. The van der Waals surface area contributed by atoms with Gasteiger partial charge in [0.05, 0.1) is 5.75 Å². The zero-order valence-electron chi connectivity index (χ0n) is 8.31. The molecule has 0 fully saturated rings. The van der Waals surface area contributed by atoms with Gasteiger partial charge >= 0.3 is 0 Å². The predicted octanol–water partition coefficient (Wildman–Crippen LogP) is 2.40. The van der Waals surface area contributed by atoms with Crippen molar-refractivity contribution < 1.29 is 5.21 Å². The van der Waals surface area contributed by atoms with Gasteiger partial charge in [0.25, 0.3) is 0 Å². The minimum absolute atomic E-state index is 0.439. The fraction of sp³-hybridized carbons (Fsp3) is 0.167. The summed E-state index contributed by atoms with van der Waals surface area (Å²) in [5, 5.41) is 8.42. The highest BCUT2D eigenvalue weighted by Crippen LogP contribution is 2.22. The molecule has 78 valence electrons. The van der Waals surface area contributed by atoms with E-state index < -0.39 is 0 Å². The number of thioether (sulfide) groups is 1. The van der Waals surface area contributed by atoms with Gasteiger partial charge in [-0.1, -0.05) is 36.3 Å². The average molecular weight is 219 g/mol. The summed E-state index contributed by atoms with van der Waals surface area (Å²) in [5.41, 5.74) is 3.19. The van der Waals surface area contributed by atoms with E-state index in [-0.39, 0.29) is 0 Å². The molecule has 0 bridgehead atoms. The van der Waals surface area contributed by atoms with Gasteiger partial charge in [0, 0.05) is 11.4 Å². The summed E-state index contributed by atoms with van der Waals surface area (Å²) < 4.78 is 0. The lowest BCUT2D eigenvalue weighted by atomic mass is 10.2. The first-order valence-electron chi connectivity index (χ1n) is 4.57. The first-order valence-corrected chi connectivity index (χ1v) is 5.56. The Morgan fingerprint density at radius 3 is 3.00 bits per heavy atom. The van der Waals surface area contributed by atoms with Crippen molar-refractivity contribution in [1.29, 1.82) is 0 Å². The van der Waals surface area contributed by atoms with Crippen molar-refractivity contribution >= 4 is 17.8 Å². The molecule has 15 heavy (non-hydrogen) atoms. The Bertz CT molecular complexity index is 368. The highest BCUT2D eigenvalue weighted by molar-refractivity contribution is 7.99. The van der Waals surface area contributed by atoms with Gasteiger partial charge in [0.15, 0.2) is 0 Å². The van der Waals surface area contributed by atoms with E-state index in [1.54, 1.807) is 11.8 Å². The molecule has 0 radical (unpaired) electrons. The van der Waals surface area contributed by atoms with Crippen molar-refractivity contribution in [2.75, 3.05) is 12.3 Å².